The molecule has 0 bridgehead atoms. The van der Waals surface area contributed by atoms with Crippen LogP contribution in [0.3, 0.4) is 0 Å². The van der Waals surface area contributed by atoms with Gasteiger partial charge < -0.3 is 31.7 Å². The SMILES string of the molecule is CNCC(=O)N(CCNC(=O)CNC(=O)[C@H](CC(C)C)NC(=O)[C@H](C)N(C(=O)CN)c1ccccc1)C(=O)OCc1ccccc1. The van der Waals surface area contributed by atoms with E-state index in [-0.39, 0.29) is 45.1 Å². The minimum atomic E-state index is -0.984. The van der Waals surface area contributed by atoms with Crippen LogP contribution in [0.25, 0.3) is 0 Å². The van der Waals surface area contributed by atoms with E-state index in [1.54, 1.807) is 61.6 Å². The quantitative estimate of drug-likeness (QED) is 0.164. The molecule has 14 nitrogen and oxygen atoms in total. The Morgan fingerprint density at radius 1 is 0.826 bits per heavy atom. The van der Waals surface area contributed by atoms with Crippen molar-refractivity contribution in [2.24, 2.45) is 11.7 Å². The molecule has 250 valence electrons. The Balaban J connectivity index is 1.95. The first-order valence-corrected chi connectivity index (χ1v) is 15.1. The minimum absolute atomic E-state index is 0.0128. The summed E-state index contributed by atoms with van der Waals surface area (Å²) in [6.07, 6.45) is -0.581. The van der Waals surface area contributed by atoms with Crippen LogP contribution in [-0.4, -0.2) is 92.4 Å². The van der Waals surface area contributed by atoms with Gasteiger partial charge in [0.25, 0.3) is 0 Å². The first-order valence-electron chi connectivity index (χ1n) is 15.1. The van der Waals surface area contributed by atoms with Crippen molar-refractivity contribution in [1.82, 2.24) is 26.2 Å². The van der Waals surface area contributed by atoms with Gasteiger partial charge in [-0.1, -0.05) is 62.4 Å². The molecule has 0 saturated heterocycles. The number of imide groups is 1. The first-order chi connectivity index (χ1) is 22.0. The number of hydrogen-bond acceptors (Lipinski definition) is 9. The molecule has 2 rings (SSSR count). The third kappa shape index (κ3) is 12.3. The number of nitrogens with two attached hydrogens (primary N) is 1. The molecule has 2 aromatic carbocycles. The molecule has 0 aliphatic heterocycles. The van der Waals surface area contributed by atoms with Crippen LogP contribution in [0, 0.1) is 5.92 Å². The summed E-state index contributed by atoms with van der Waals surface area (Å²) >= 11 is 0. The number of likely N-dealkylation sites (N-methyl/N-ethyl adjacent to an activating group) is 1. The number of benzene rings is 2. The van der Waals surface area contributed by atoms with Crippen molar-refractivity contribution in [1.29, 1.82) is 0 Å². The van der Waals surface area contributed by atoms with Crippen molar-refractivity contribution >= 4 is 41.3 Å². The maximum Gasteiger partial charge on any atom is 0.416 e. The van der Waals surface area contributed by atoms with Gasteiger partial charge in [-0.3, -0.25) is 28.9 Å². The van der Waals surface area contributed by atoms with Crippen LogP contribution in [0.15, 0.2) is 60.7 Å². The summed E-state index contributed by atoms with van der Waals surface area (Å²) in [5.74, 6) is -2.72. The summed E-state index contributed by atoms with van der Waals surface area (Å²) in [6.45, 7) is 4.19. The van der Waals surface area contributed by atoms with Crippen molar-refractivity contribution < 1.29 is 33.5 Å². The van der Waals surface area contributed by atoms with Gasteiger partial charge in [-0.15, -0.1) is 0 Å². The average molecular weight is 640 g/mol. The maximum atomic E-state index is 13.2. The molecular weight excluding hydrogens is 594 g/mol. The fourth-order valence-electron chi connectivity index (χ4n) is 4.40. The Morgan fingerprint density at radius 3 is 2.04 bits per heavy atom. The van der Waals surface area contributed by atoms with Crippen LogP contribution >= 0.6 is 0 Å². The number of ether oxygens (including phenoxy) is 1. The van der Waals surface area contributed by atoms with Crippen molar-refractivity contribution in [3.63, 3.8) is 0 Å². The van der Waals surface area contributed by atoms with Crippen molar-refractivity contribution in [3.8, 4) is 0 Å². The van der Waals surface area contributed by atoms with Gasteiger partial charge in [0.15, 0.2) is 0 Å². The van der Waals surface area contributed by atoms with Crippen LogP contribution in [0.5, 0.6) is 0 Å². The molecule has 2 aromatic rings. The van der Waals surface area contributed by atoms with Gasteiger partial charge in [-0.05, 0) is 44.0 Å². The molecule has 0 aliphatic rings. The molecule has 0 heterocycles. The standard InChI is InChI=1S/C32H45N7O7/c1-22(2)17-26(37-30(43)23(3)39(28(41)18-33)25-13-9-6-10-14-25)31(44)36-19-27(40)35-15-16-38(29(42)20-34-4)32(45)46-21-24-11-7-5-8-12-24/h5-14,22-23,26,34H,15-21,33H2,1-4H3,(H,35,40)(H,36,44)(H,37,43)/t23-,26-/m0/s1. The fourth-order valence-corrected chi connectivity index (χ4v) is 4.40. The van der Waals surface area contributed by atoms with Crippen LogP contribution in [0.4, 0.5) is 10.5 Å². The number of carbonyl (C=O) groups is 6. The Morgan fingerprint density at radius 2 is 1.46 bits per heavy atom. The number of anilines is 1. The predicted molar refractivity (Wildman–Crippen MR) is 172 cm³/mol. The molecule has 0 saturated carbocycles. The van der Waals surface area contributed by atoms with Gasteiger partial charge in [0.05, 0.1) is 19.6 Å². The third-order valence-electron chi connectivity index (χ3n) is 6.72. The van der Waals surface area contributed by atoms with Crippen LogP contribution in [0.2, 0.25) is 0 Å². The largest absolute Gasteiger partial charge is 0.444 e. The Labute approximate surface area is 269 Å². The van der Waals surface area contributed by atoms with Crippen LogP contribution < -0.4 is 31.9 Å². The zero-order valence-corrected chi connectivity index (χ0v) is 26.8. The topological polar surface area (TPSA) is 192 Å². The van der Waals surface area contributed by atoms with E-state index in [0.717, 1.165) is 10.5 Å². The summed E-state index contributed by atoms with van der Waals surface area (Å²) < 4.78 is 5.27. The van der Waals surface area contributed by atoms with E-state index in [0.29, 0.717) is 5.69 Å². The number of nitrogens with zero attached hydrogens (tertiary/aromatic N) is 2. The van der Waals surface area contributed by atoms with Crippen LogP contribution in [0.1, 0.15) is 32.8 Å². The minimum Gasteiger partial charge on any atom is -0.444 e. The lowest BCUT2D eigenvalue weighted by atomic mass is 10.0. The molecule has 0 unspecified atom stereocenters. The van der Waals surface area contributed by atoms with Gasteiger partial charge >= 0.3 is 6.09 Å². The molecule has 0 spiro atoms. The molecule has 6 N–H and O–H groups in total. The highest BCUT2D eigenvalue weighted by atomic mass is 16.6. The van der Waals surface area contributed by atoms with E-state index < -0.39 is 54.3 Å². The molecule has 46 heavy (non-hydrogen) atoms. The number of amides is 6. The number of carbonyl (C=O) groups excluding carboxylic acids is 6. The summed E-state index contributed by atoms with van der Waals surface area (Å²) in [6, 6.07) is 15.6. The van der Waals surface area contributed by atoms with Crippen molar-refractivity contribution in [2.45, 2.75) is 45.9 Å². The van der Waals surface area contributed by atoms with Gasteiger partial charge in [0, 0.05) is 18.8 Å². The molecule has 0 aliphatic carbocycles. The summed E-state index contributed by atoms with van der Waals surface area (Å²) in [5, 5.41) is 10.5. The third-order valence-corrected chi connectivity index (χ3v) is 6.72. The van der Waals surface area contributed by atoms with Gasteiger partial charge in [-0.2, -0.15) is 0 Å². The lowest BCUT2D eigenvalue weighted by molar-refractivity contribution is -0.131. The van der Waals surface area contributed by atoms with Gasteiger partial charge in [0.2, 0.25) is 29.5 Å². The second-order valence-corrected chi connectivity index (χ2v) is 10.9. The highest BCUT2D eigenvalue weighted by Crippen LogP contribution is 2.17. The lowest BCUT2D eigenvalue weighted by Crippen LogP contribution is -2.56. The zero-order valence-electron chi connectivity index (χ0n) is 26.8. The second kappa shape index (κ2) is 19.5. The maximum absolute atomic E-state index is 13.2. The number of nitrogens with one attached hydrogen (secondary N) is 4. The smallest absolute Gasteiger partial charge is 0.416 e. The van der Waals surface area contributed by atoms with E-state index in [2.05, 4.69) is 21.3 Å². The van der Waals surface area contributed by atoms with Crippen molar-refractivity contribution in [2.75, 3.05) is 44.7 Å². The van der Waals surface area contributed by atoms with E-state index in [1.807, 2.05) is 19.9 Å². The normalized spacial score (nSPS) is 12.0. The highest BCUT2D eigenvalue weighted by Gasteiger charge is 2.30. The Bertz CT molecular complexity index is 1310. The molecule has 0 fully saturated rings. The zero-order chi connectivity index (χ0) is 34.1. The highest BCUT2D eigenvalue weighted by molar-refractivity contribution is 6.02. The van der Waals surface area contributed by atoms with Crippen LogP contribution in [-0.2, 0) is 35.3 Å². The predicted octanol–water partition coefficient (Wildman–Crippen LogP) is 0.515. The summed E-state index contributed by atoms with van der Waals surface area (Å²) in [4.78, 5) is 78.7. The average Bonchev–Trinajstić information content (AvgIpc) is 3.04. The van der Waals surface area contributed by atoms with Crippen molar-refractivity contribution in [3.05, 3.63) is 66.2 Å². The number of rotatable bonds is 17. The molecule has 6 amide bonds. The summed E-state index contributed by atoms with van der Waals surface area (Å²) in [7, 11) is 1.56. The van der Waals surface area contributed by atoms with E-state index in [1.165, 1.54) is 11.8 Å². The molecular formula is C32H45N7O7. The monoisotopic (exact) mass is 639 g/mol. The Kier molecular flexibility index (Phi) is 15.9. The first kappa shape index (κ1) is 37.4. The van der Waals surface area contributed by atoms with Gasteiger partial charge in [-0.25, -0.2) is 9.69 Å². The summed E-state index contributed by atoms with van der Waals surface area (Å²) in [5.41, 5.74) is 6.83. The van der Waals surface area contributed by atoms with E-state index in [4.69, 9.17) is 10.5 Å². The second-order valence-electron chi connectivity index (χ2n) is 10.9. The van der Waals surface area contributed by atoms with E-state index >= 15 is 0 Å². The number of para-hydroxylation sites is 1. The molecule has 14 heteroatoms. The molecule has 2 atom stereocenters. The fraction of sp³-hybridized carbons (Fsp3) is 0.438. The van der Waals surface area contributed by atoms with Gasteiger partial charge in [0.1, 0.15) is 18.7 Å². The molecule has 0 radical (unpaired) electrons. The molecule has 0 aromatic heterocycles. The lowest BCUT2D eigenvalue weighted by Gasteiger charge is -2.30. The van der Waals surface area contributed by atoms with E-state index in [9.17, 15) is 28.8 Å². The Hall–Kier alpha value is -4.82. The number of hydrogen-bond donors (Lipinski definition) is 5.